The van der Waals surface area contributed by atoms with Crippen molar-refractivity contribution >= 4 is 35.5 Å². The van der Waals surface area contributed by atoms with E-state index in [4.69, 9.17) is 15.5 Å². The van der Waals surface area contributed by atoms with Crippen molar-refractivity contribution in [2.45, 2.75) is 6.04 Å². The number of carbonyl (C=O) groups is 1. The van der Waals surface area contributed by atoms with Crippen LogP contribution in [0.2, 0.25) is 0 Å². The standard InChI is InChI=1S/C24H25N7O2/c1-30-7-6-16-12-20(17-13-26-24(25)27-14-17)29-23(22(16)21(30)15-32)28-18-2-4-19(5-3-18)31-8-10-33-11-9-31/h2-7,12-15,21H,8-11H2,1H3,(H,28,29)(H2,25,26,27). The van der Waals surface area contributed by atoms with Crippen LogP contribution in [0.5, 0.6) is 0 Å². The predicted molar refractivity (Wildman–Crippen MR) is 128 cm³/mol. The minimum atomic E-state index is -0.440. The molecule has 2 aliphatic heterocycles. The lowest BCUT2D eigenvalue weighted by atomic mass is 9.96. The molecule has 9 nitrogen and oxygen atoms in total. The van der Waals surface area contributed by atoms with Gasteiger partial charge in [0.15, 0.2) is 0 Å². The highest BCUT2D eigenvalue weighted by Gasteiger charge is 2.26. The summed E-state index contributed by atoms with van der Waals surface area (Å²) in [6.07, 6.45) is 8.10. The number of ether oxygens (including phenoxy) is 1. The second kappa shape index (κ2) is 8.87. The third-order valence-electron chi connectivity index (χ3n) is 5.92. The molecule has 0 saturated carbocycles. The number of fused-ring (bicyclic) bond motifs is 1. The Labute approximate surface area is 191 Å². The number of likely N-dealkylation sites (N-methyl/N-ethyl adjacent to an activating group) is 1. The first-order chi connectivity index (χ1) is 16.1. The Morgan fingerprint density at radius 2 is 1.88 bits per heavy atom. The fraction of sp³-hybridized carbons (Fsp3) is 0.250. The van der Waals surface area contributed by atoms with Crippen molar-refractivity contribution < 1.29 is 9.53 Å². The van der Waals surface area contributed by atoms with Crippen molar-refractivity contribution in [1.82, 2.24) is 19.9 Å². The van der Waals surface area contributed by atoms with Crippen LogP contribution in [0.3, 0.4) is 0 Å². The molecule has 0 radical (unpaired) electrons. The number of benzene rings is 1. The Balaban J connectivity index is 1.52. The molecule has 9 heteroatoms. The van der Waals surface area contributed by atoms with Gasteiger partial charge in [0.2, 0.25) is 5.95 Å². The summed E-state index contributed by atoms with van der Waals surface area (Å²) in [7, 11) is 1.88. The van der Waals surface area contributed by atoms with E-state index >= 15 is 0 Å². The van der Waals surface area contributed by atoms with Gasteiger partial charge in [0, 0.05) is 61.2 Å². The third-order valence-corrected chi connectivity index (χ3v) is 5.92. The quantitative estimate of drug-likeness (QED) is 0.575. The van der Waals surface area contributed by atoms with Gasteiger partial charge in [-0.25, -0.2) is 15.0 Å². The van der Waals surface area contributed by atoms with Crippen LogP contribution in [0.4, 0.5) is 23.1 Å². The van der Waals surface area contributed by atoms with Crippen LogP contribution < -0.4 is 16.0 Å². The Morgan fingerprint density at radius 3 is 2.58 bits per heavy atom. The maximum Gasteiger partial charge on any atom is 0.219 e. The number of nitrogens with two attached hydrogens (primary N) is 1. The molecule has 1 unspecified atom stereocenters. The summed E-state index contributed by atoms with van der Waals surface area (Å²) in [4.78, 5) is 29.2. The highest BCUT2D eigenvalue weighted by Crippen LogP contribution is 2.37. The number of carbonyl (C=O) groups excluding carboxylic acids is 1. The summed E-state index contributed by atoms with van der Waals surface area (Å²) in [5, 5.41) is 3.43. The molecule has 3 aromatic rings. The molecule has 0 spiro atoms. The lowest BCUT2D eigenvalue weighted by Crippen LogP contribution is -2.36. The number of hydrogen-bond donors (Lipinski definition) is 2. The molecule has 33 heavy (non-hydrogen) atoms. The number of nitrogens with zero attached hydrogens (tertiary/aromatic N) is 5. The Morgan fingerprint density at radius 1 is 1.15 bits per heavy atom. The highest BCUT2D eigenvalue weighted by atomic mass is 16.5. The molecule has 2 aromatic heterocycles. The van der Waals surface area contributed by atoms with E-state index in [0.717, 1.165) is 60.7 Å². The van der Waals surface area contributed by atoms with Gasteiger partial charge >= 0.3 is 0 Å². The zero-order valence-electron chi connectivity index (χ0n) is 18.3. The topological polar surface area (TPSA) is 110 Å². The largest absolute Gasteiger partial charge is 0.378 e. The highest BCUT2D eigenvalue weighted by molar-refractivity contribution is 5.80. The van der Waals surface area contributed by atoms with Gasteiger partial charge in [0.05, 0.1) is 18.9 Å². The van der Waals surface area contributed by atoms with E-state index in [1.54, 1.807) is 12.4 Å². The minimum absolute atomic E-state index is 0.206. The van der Waals surface area contributed by atoms with E-state index in [9.17, 15) is 4.79 Å². The second-order valence-corrected chi connectivity index (χ2v) is 8.02. The van der Waals surface area contributed by atoms with Crippen LogP contribution >= 0.6 is 0 Å². The van der Waals surface area contributed by atoms with E-state index in [0.29, 0.717) is 11.5 Å². The monoisotopic (exact) mass is 443 g/mol. The van der Waals surface area contributed by atoms with Crippen molar-refractivity contribution in [3.63, 3.8) is 0 Å². The fourth-order valence-electron chi connectivity index (χ4n) is 4.11. The van der Waals surface area contributed by atoms with Gasteiger partial charge in [-0.1, -0.05) is 0 Å². The number of anilines is 4. The first-order valence-corrected chi connectivity index (χ1v) is 10.8. The molecular formula is C24H25N7O2. The molecule has 1 atom stereocenters. The Kier molecular flexibility index (Phi) is 5.62. The summed E-state index contributed by atoms with van der Waals surface area (Å²) < 4.78 is 5.44. The van der Waals surface area contributed by atoms with Gasteiger partial charge in [-0.15, -0.1) is 0 Å². The number of nitrogens with one attached hydrogen (secondary N) is 1. The van der Waals surface area contributed by atoms with Crippen molar-refractivity contribution in [2.75, 3.05) is 49.3 Å². The van der Waals surface area contributed by atoms with Crippen molar-refractivity contribution in [3.8, 4) is 11.3 Å². The van der Waals surface area contributed by atoms with Gasteiger partial charge in [0.25, 0.3) is 0 Å². The summed E-state index contributed by atoms with van der Waals surface area (Å²) >= 11 is 0. The van der Waals surface area contributed by atoms with Gasteiger partial charge < -0.3 is 30.4 Å². The van der Waals surface area contributed by atoms with Gasteiger partial charge in [-0.3, -0.25) is 0 Å². The van der Waals surface area contributed by atoms with Gasteiger partial charge in [-0.2, -0.15) is 0 Å². The molecule has 2 aliphatic rings. The molecule has 4 heterocycles. The minimum Gasteiger partial charge on any atom is -0.378 e. The number of morpholine rings is 1. The molecule has 3 N–H and O–H groups in total. The molecule has 1 saturated heterocycles. The molecule has 1 fully saturated rings. The average Bonchev–Trinajstić information content (AvgIpc) is 2.85. The third kappa shape index (κ3) is 4.22. The van der Waals surface area contributed by atoms with E-state index in [1.165, 1.54) is 0 Å². The number of pyridine rings is 1. The summed E-state index contributed by atoms with van der Waals surface area (Å²) in [6.45, 7) is 3.25. The molecule has 168 valence electrons. The normalized spacial score (nSPS) is 17.5. The van der Waals surface area contributed by atoms with Crippen LogP contribution in [-0.4, -0.2) is 59.5 Å². The fourth-order valence-corrected chi connectivity index (χ4v) is 4.11. The zero-order chi connectivity index (χ0) is 22.8. The SMILES string of the molecule is CN1C=Cc2cc(-c3cnc(N)nc3)nc(Nc3ccc(N4CCOCC4)cc3)c2C1C=O. The van der Waals surface area contributed by atoms with Crippen LogP contribution in [0.15, 0.2) is 48.9 Å². The van der Waals surface area contributed by atoms with E-state index in [1.807, 2.05) is 42.4 Å². The second-order valence-electron chi connectivity index (χ2n) is 8.02. The summed E-state index contributed by atoms with van der Waals surface area (Å²) in [6, 6.07) is 9.72. The van der Waals surface area contributed by atoms with Gasteiger partial charge in [0.1, 0.15) is 18.1 Å². The molecular weight excluding hydrogens is 418 g/mol. The number of aromatic nitrogens is 3. The molecule has 0 aliphatic carbocycles. The smallest absolute Gasteiger partial charge is 0.219 e. The first-order valence-electron chi connectivity index (χ1n) is 10.8. The summed E-state index contributed by atoms with van der Waals surface area (Å²) in [5.41, 5.74) is 10.9. The van der Waals surface area contributed by atoms with E-state index in [-0.39, 0.29) is 5.95 Å². The first kappa shape index (κ1) is 20.9. The lowest BCUT2D eigenvalue weighted by Gasteiger charge is -2.30. The summed E-state index contributed by atoms with van der Waals surface area (Å²) in [5.74, 6) is 0.824. The van der Waals surface area contributed by atoms with E-state index in [2.05, 4.69) is 32.3 Å². The molecule has 0 amide bonds. The molecule has 1 aromatic carbocycles. The van der Waals surface area contributed by atoms with Crippen LogP contribution in [0, 0.1) is 0 Å². The average molecular weight is 444 g/mol. The maximum atomic E-state index is 12.0. The van der Waals surface area contributed by atoms with Crippen molar-refractivity contribution in [1.29, 1.82) is 0 Å². The Bertz CT molecular complexity index is 1170. The lowest BCUT2D eigenvalue weighted by molar-refractivity contribution is -0.111. The number of nitrogen functional groups attached to an aromatic ring is 1. The van der Waals surface area contributed by atoms with Crippen LogP contribution in [0.25, 0.3) is 17.3 Å². The van der Waals surface area contributed by atoms with Crippen LogP contribution in [-0.2, 0) is 9.53 Å². The predicted octanol–water partition coefficient (Wildman–Crippen LogP) is 2.86. The number of aldehydes is 1. The number of rotatable bonds is 5. The molecule has 0 bridgehead atoms. The van der Waals surface area contributed by atoms with Gasteiger partial charge in [-0.05, 0) is 42.0 Å². The van der Waals surface area contributed by atoms with Crippen LogP contribution in [0.1, 0.15) is 17.2 Å². The van der Waals surface area contributed by atoms with E-state index < -0.39 is 6.04 Å². The molecule has 5 rings (SSSR count). The maximum absolute atomic E-state index is 12.0. The Hall–Kier alpha value is -3.98. The van der Waals surface area contributed by atoms with Crippen molar-refractivity contribution in [3.05, 3.63) is 60.1 Å². The van der Waals surface area contributed by atoms with Crippen molar-refractivity contribution in [2.24, 2.45) is 0 Å². The number of hydrogen-bond acceptors (Lipinski definition) is 9. The zero-order valence-corrected chi connectivity index (χ0v) is 18.3.